The molecule has 110 valence electrons. The van der Waals surface area contributed by atoms with Gasteiger partial charge in [0, 0.05) is 38.3 Å². The molecule has 0 aromatic carbocycles. The maximum absolute atomic E-state index is 12.4. The second kappa shape index (κ2) is 6.07. The Labute approximate surface area is 118 Å². The Morgan fingerprint density at radius 1 is 1.50 bits per heavy atom. The molecule has 1 saturated carbocycles. The van der Waals surface area contributed by atoms with Crippen molar-refractivity contribution in [3.05, 3.63) is 18.2 Å². The van der Waals surface area contributed by atoms with Crippen LogP contribution < -0.4 is 0 Å². The molecule has 0 aliphatic heterocycles. The first kappa shape index (κ1) is 14.6. The third-order valence-corrected chi connectivity index (χ3v) is 3.59. The molecule has 1 aromatic rings. The molecule has 1 fully saturated rings. The highest BCUT2D eigenvalue weighted by Crippen LogP contribution is 2.29. The summed E-state index contributed by atoms with van der Waals surface area (Å²) >= 11 is 0. The summed E-state index contributed by atoms with van der Waals surface area (Å²) in [7, 11) is 1.91. The molecule has 0 spiro atoms. The smallest absolute Gasteiger partial charge is 0.303 e. The van der Waals surface area contributed by atoms with E-state index in [1.807, 2.05) is 22.7 Å². The standard InChI is InChI=1S/C14H21N3O3/c1-10(8-14(19)20)7-13(18)17(11-3-4-11)9-12-15-5-6-16(12)2/h5-6,10-11H,3-4,7-9H2,1-2H3,(H,19,20). The maximum atomic E-state index is 12.4. The number of amides is 1. The van der Waals surface area contributed by atoms with Gasteiger partial charge in [-0.2, -0.15) is 0 Å². The quantitative estimate of drug-likeness (QED) is 0.819. The van der Waals surface area contributed by atoms with E-state index in [1.165, 1.54) is 0 Å². The molecule has 1 aliphatic rings. The van der Waals surface area contributed by atoms with Gasteiger partial charge in [-0.25, -0.2) is 4.98 Å². The van der Waals surface area contributed by atoms with Crippen molar-refractivity contribution in [1.82, 2.24) is 14.5 Å². The number of imidazole rings is 1. The Bertz CT molecular complexity index is 494. The molecule has 2 rings (SSSR count). The normalized spacial score (nSPS) is 15.9. The van der Waals surface area contributed by atoms with Gasteiger partial charge in [0.2, 0.25) is 5.91 Å². The molecule has 0 radical (unpaired) electrons. The summed E-state index contributed by atoms with van der Waals surface area (Å²) in [4.78, 5) is 29.1. The van der Waals surface area contributed by atoms with E-state index in [-0.39, 0.29) is 24.7 Å². The number of carbonyl (C=O) groups is 2. The van der Waals surface area contributed by atoms with Gasteiger partial charge in [0.15, 0.2) is 0 Å². The summed E-state index contributed by atoms with van der Waals surface area (Å²) in [6, 6.07) is 0.302. The lowest BCUT2D eigenvalue weighted by atomic mass is 10.0. The highest BCUT2D eigenvalue weighted by atomic mass is 16.4. The number of aryl methyl sites for hydroxylation is 1. The van der Waals surface area contributed by atoms with Crippen LogP contribution in [0, 0.1) is 5.92 Å². The number of carbonyl (C=O) groups excluding carboxylic acids is 1. The van der Waals surface area contributed by atoms with E-state index in [9.17, 15) is 9.59 Å². The average Bonchev–Trinajstić information content (AvgIpc) is 3.09. The van der Waals surface area contributed by atoms with Gasteiger partial charge >= 0.3 is 5.97 Å². The largest absolute Gasteiger partial charge is 0.481 e. The summed E-state index contributed by atoms with van der Waals surface area (Å²) < 4.78 is 1.91. The fraction of sp³-hybridized carbons (Fsp3) is 0.643. The van der Waals surface area contributed by atoms with Crippen molar-refractivity contribution in [1.29, 1.82) is 0 Å². The summed E-state index contributed by atoms with van der Waals surface area (Å²) in [5.41, 5.74) is 0. The summed E-state index contributed by atoms with van der Waals surface area (Å²) in [5, 5.41) is 8.76. The molecule has 20 heavy (non-hydrogen) atoms. The molecule has 0 saturated heterocycles. The van der Waals surface area contributed by atoms with Gasteiger partial charge in [0.25, 0.3) is 0 Å². The van der Waals surface area contributed by atoms with Crippen molar-refractivity contribution in [2.24, 2.45) is 13.0 Å². The molecule has 1 unspecified atom stereocenters. The third-order valence-electron chi connectivity index (χ3n) is 3.59. The molecule has 1 aliphatic carbocycles. The molecular formula is C14H21N3O3. The molecule has 6 nitrogen and oxygen atoms in total. The van der Waals surface area contributed by atoms with E-state index in [1.54, 1.807) is 13.1 Å². The van der Waals surface area contributed by atoms with Crippen molar-refractivity contribution in [3.63, 3.8) is 0 Å². The van der Waals surface area contributed by atoms with E-state index in [2.05, 4.69) is 4.98 Å². The van der Waals surface area contributed by atoms with E-state index in [4.69, 9.17) is 5.11 Å². The molecule has 6 heteroatoms. The maximum Gasteiger partial charge on any atom is 0.303 e. The van der Waals surface area contributed by atoms with Crippen LogP contribution in [0.15, 0.2) is 12.4 Å². The zero-order valence-corrected chi connectivity index (χ0v) is 12.0. The lowest BCUT2D eigenvalue weighted by Gasteiger charge is -2.23. The number of hydrogen-bond donors (Lipinski definition) is 1. The van der Waals surface area contributed by atoms with Crippen molar-refractivity contribution in [2.75, 3.05) is 0 Å². The first-order valence-corrected chi connectivity index (χ1v) is 6.95. The van der Waals surface area contributed by atoms with Crippen LogP contribution in [0.2, 0.25) is 0 Å². The highest BCUT2D eigenvalue weighted by Gasteiger charge is 2.33. The summed E-state index contributed by atoms with van der Waals surface area (Å²) in [5.74, 6) is -0.101. The number of rotatable bonds is 7. The molecule has 1 aromatic heterocycles. The molecule has 0 bridgehead atoms. The van der Waals surface area contributed by atoms with Gasteiger partial charge in [-0.1, -0.05) is 6.92 Å². The Morgan fingerprint density at radius 3 is 2.70 bits per heavy atom. The highest BCUT2D eigenvalue weighted by molar-refractivity contribution is 5.78. The van der Waals surface area contributed by atoms with Gasteiger partial charge < -0.3 is 14.6 Å². The van der Waals surface area contributed by atoms with Crippen LogP contribution >= 0.6 is 0 Å². The van der Waals surface area contributed by atoms with Crippen molar-refractivity contribution in [2.45, 2.75) is 45.2 Å². The SMILES string of the molecule is CC(CC(=O)O)CC(=O)N(Cc1nccn1C)C1CC1. The van der Waals surface area contributed by atoms with Crippen LogP contribution in [-0.4, -0.2) is 37.5 Å². The van der Waals surface area contributed by atoms with Crippen molar-refractivity contribution >= 4 is 11.9 Å². The zero-order chi connectivity index (χ0) is 14.7. The molecule has 1 heterocycles. The number of hydrogen-bond acceptors (Lipinski definition) is 3. The minimum Gasteiger partial charge on any atom is -0.481 e. The molecule has 1 N–H and O–H groups in total. The number of aliphatic carboxylic acids is 1. The van der Waals surface area contributed by atoms with Crippen molar-refractivity contribution < 1.29 is 14.7 Å². The second-order valence-corrected chi connectivity index (χ2v) is 5.61. The van der Waals surface area contributed by atoms with Crippen LogP contribution in [0.4, 0.5) is 0 Å². The molecule has 1 atom stereocenters. The van der Waals surface area contributed by atoms with Gasteiger partial charge in [-0.3, -0.25) is 9.59 Å². The Balaban J connectivity index is 1.96. The fourth-order valence-corrected chi connectivity index (χ4v) is 2.29. The van der Waals surface area contributed by atoms with E-state index in [0.717, 1.165) is 18.7 Å². The Hall–Kier alpha value is -1.85. The number of nitrogens with zero attached hydrogens (tertiary/aromatic N) is 3. The van der Waals surface area contributed by atoms with Crippen molar-refractivity contribution in [3.8, 4) is 0 Å². The average molecular weight is 279 g/mol. The van der Waals surface area contributed by atoms with Gasteiger partial charge in [0.1, 0.15) is 5.82 Å². The van der Waals surface area contributed by atoms with Crippen LogP contribution in [0.5, 0.6) is 0 Å². The number of carboxylic acids is 1. The Morgan fingerprint density at radius 2 is 2.20 bits per heavy atom. The first-order valence-electron chi connectivity index (χ1n) is 6.95. The number of aromatic nitrogens is 2. The minimum atomic E-state index is -0.854. The van der Waals surface area contributed by atoms with Gasteiger partial charge in [0.05, 0.1) is 6.54 Å². The van der Waals surface area contributed by atoms with Crippen LogP contribution in [-0.2, 0) is 23.2 Å². The molecule has 1 amide bonds. The predicted molar refractivity (Wildman–Crippen MR) is 72.8 cm³/mol. The second-order valence-electron chi connectivity index (χ2n) is 5.61. The van der Waals surface area contributed by atoms with Crippen LogP contribution in [0.3, 0.4) is 0 Å². The van der Waals surface area contributed by atoms with E-state index < -0.39 is 5.97 Å². The molecular weight excluding hydrogens is 258 g/mol. The monoisotopic (exact) mass is 279 g/mol. The van der Waals surface area contributed by atoms with Crippen LogP contribution in [0.25, 0.3) is 0 Å². The fourth-order valence-electron chi connectivity index (χ4n) is 2.29. The topological polar surface area (TPSA) is 75.4 Å². The lowest BCUT2D eigenvalue weighted by Crippen LogP contribution is -2.34. The number of carboxylic acid groups (broad SMARTS) is 1. The van der Waals surface area contributed by atoms with E-state index in [0.29, 0.717) is 12.6 Å². The van der Waals surface area contributed by atoms with Crippen LogP contribution in [0.1, 0.15) is 38.4 Å². The zero-order valence-electron chi connectivity index (χ0n) is 12.0. The Kier molecular flexibility index (Phi) is 4.42. The lowest BCUT2D eigenvalue weighted by molar-refractivity contribution is -0.138. The van der Waals surface area contributed by atoms with Gasteiger partial charge in [-0.05, 0) is 18.8 Å². The first-order chi connectivity index (χ1) is 9.47. The van der Waals surface area contributed by atoms with Gasteiger partial charge in [-0.15, -0.1) is 0 Å². The van der Waals surface area contributed by atoms with E-state index >= 15 is 0 Å². The third kappa shape index (κ3) is 3.82. The minimum absolute atomic E-state index is 0.0317. The summed E-state index contributed by atoms with van der Waals surface area (Å²) in [6.45, 7) is 2.31. The predicted octanol–water partition coefficient (Wildman–Crippen LogP) is 1.41. The summed E-state index contributed by atoms with van der Waals surface area (Å²) in [6.07, 6.45) is 5.96.